The van der Waals surface area contributed by atoms with Crippen molar-refractivity contribution in [1.29, 1.82) is 0 Å². The van der Waals surface area contributed by atoms with Crippen LogP contribution in [0, 0.1) is 5.82 Å². The number of amides is 1. The van der Waals surface area contributed by atoms with Crippen LogP contribution in [0.25, 0.3) is 0 Å². The average Bonchev–Trinajstić information content (AvgIpc) is 2.97. The first kappa shape index (κ1) is 18.1. The molecule has 1 heterocycles. The van der Waals surface area contributed by atoms with Gasteiger partial charge in [0.15, 0.2) is 9.84 Å². The summed E-state index contributed by atoms with van der Waals surface area (Å²) in [4.78, 5) is 14.4. The Hall–Kier alpha value is -2.67. The molecule has 0 saturated carbocycles. The van der Waals surface area contributed by atoms with Gasteiger partial charge in [0, 0.05) is 16.7 Å². The molecule has 2 aromatic rings. The zero-order valence-electron chi connectivity index (χ0n) is 14.1. The highest BCUT2D eigenvalue weighted by Gasteiger charge is 2.32. The summed E-state index contributed by atoms with van der Waals surface area (Å²) in [5.41, 5.74) is 0.813. The first-order chi connectivity index (χ1) is 12.4. The van der Waals surface area contributed by atoms with Gasteiger partial charge in [0.05, 0.1) is 18.4 Å². The molecule has 1 aliphatic heterocycles. The minimum atomic E-state index is -3.35. The first-order valence-corrected chi connectivity index (χ1v) is 9.84. The molecule has 0 spiro atoms. The normalized spacial score (nSPS) is 17.8. The lowest BCUT2D eigenvalue weighted by atomic mass is 10.1. The molecule has 0 bridgehead atoms. The van der Waals surface area contributed by atoms with Crippen LogP contribution in [0.2, 0.25) is 0 Å². The molecular weight excluding hydrogens is 357 g/mol. The van der Waals surface area contributed by atoms with Crippen LogP contribution in [0.5, 0.6) is 5.75 Å². The highest BCUT2D eigenvalue weighted by Crippen LogP contribution is 2.26. The molecule has 7 heteroatoms. The maximum absolute atomic E-state index is 13.3. The molecular formula is C19H18FNO4S. The lowest BCUT2D eigenvalue weighted by Crippen LogP contribution is -2.41. The van der Waals surface area contributed by atoms with Crippen LogP contribution in [0.4, 0.5) is 10.1 Å². The molecule has 1 atom stereocenters. The number of sulfone groups is 1. The number of halogens is 1. The standard InChI is InChI=1S/C19H18FNO4S/c1-2-25-18-9-3-14(4-10-18)19(22)21(16-7-5-15(20)6-8-16)17-11-12-26(23,24)13-17/h3-12,17H,2,13H2,1H3/t17-/m1/s1. The Labute approximate surface area is 151 Å². The fourth-order valence-corrected chi connectivity index (χ4v) is 4.05. The lowest BCUT2D eigenvalue weighted by Gasteiger charge is -2.28. The van der Waals surface area contributed by atoms with Crippen molar-refractivity contribution < 1.29 is 22.3 Å². The minimum Gasteiger partial charge on any atom is -0.494 e. The van der Waals surface area contributed by atoms with Crippen LogP contribution in [0.3, 0.4) is 0 Å². The molecule has 0 radical (unpaired) electrons. The van der Waals surface area contributed by atoms with Gasteiger partial charge in [-0.1, -0.05) is 0 Å². The number of hydrogen-bond donors (Lipinski definition) is 0. The van der Waals surface area contributed by atoms with E-state index in [2.05, 4.69) is 0 Å². The van der Waals surface area contributed by atoms with Gasteiger partial charge in [-0.3, -0.25) is 4.79 Å². The second-order valence-electron chi connectivity index (χ2n) is 5.83. The Morgan fingerprint density at radius 3 is 2.35 bits per heavy atom. The zero-order valence-corrected chi connectivity index (χ0v) is 14.9. The summed E-state index contributed by atoms with van der Waals surface area (Å²) >= 11 is 0. The first-order valence-electron chi connectivity index (χ1n) is 8.12. The van der Waals surface area contributed by atoms with E-state index in [1.54, 1.807) is 24.3 Å². The van der Waals surface area contributed by atoms with Crippen LogP contribution in [-0.4, -0.2) is 32.7 Å². The molecule has 1 aliphatic rings. The SMILES string of the molecule is CCOc1ccc(C(=O)N(c2ccc(F)cc2)[C@@H]2C=CS(=O)(=O)C2)cc1. The average molecular weight is 375 g/mol. The van der Waals surface area contributed by atoms with E-state index in [9.17, 15) is 17.6 Å². The maximum atomic E-state index is 13.3. The molecule has 0 N–H and O–H groups in total. The van der Waals surface area contributed by atoms with Gasteiger partial charge in [0.25, 0.3) is 5.91 Å². The van der Waals surface area contributed by atoms with Gasteiger partial charge in [-0.25, -0.2) is 12.8 Å². The van der Waals surface area contributed by atoms with Gasteiger partial charge in [0.2, 0.25) is 0 Å². The second kappa shape index (κ2) is 7.29. The highest BCUT2D eigenvalue weighted by atomic mass is 32.2. The molecule has 136 valence electrons. The Bertz CT molecular complexity index is 921. The van der Waals surface area contributed by atoms with E-state index < -0.39 is 21.7 Å². The number of carbonyl (C=O) groups is 1. The maximum Gasteiger partial charge on any atom is 0.258 e. The third kappa shape index (κ3) is 3.94. The number of benzene rings is 2. The van der Waals surface area contributed by atoms with Crippen molar-refractivity contribution in [2.75, 3.05) is 17.3 Å². The molecule has 1 amide bonds. The van der Waals surface area contributed by atoms with Crippen molar-refractivity contribution in [3.8, 4) is 5.75 Å². The van der Waals surface area contributed by atoms with Gasteiger partial charge in [0.1, 0.15) is 11.6 Å². The number of hydrogen-bond acceptors (Lipinski definition) is 4. The molecule has 3 rings (SSSR count). The molecule has 2 aromatic carbocycles. The number of ether oxygens (including phenoxy) is 1. The predicted molar refractivity (Wildman–Crippen MR) is 97.5 cm³/mol. The third-order valence-electron chi connectivity index (χ3n) is 3.98. The van der Waals surface area contributed by atoms with Gasteiger partial charge in [-0.15, -0.1) is 0 Å². The number of rotatable bonds is 5. The summed E-state index contributed by atoms with van der Waals surface area (Å²) in [6, 6.07) is 11.4. The van der Waals surface area contributed by atoms with E-state index in [-0.39, 0.29) is 11.7 Å². The summed E-state index contributed by atoms with van der Waals surface area (Å²) in [5, 5.41) is 1.11. The van der Waals surface area contributed by atoms with Crippen LogP contribution >= 0.6 is 0 Å². The van der Waals surface area contributed by atoms with E-state index in [1.807, 2.05) is 6.92 Å². The van der Waals surface area contributed by atoms with E-state index >= 15 is 0 Å². The fourth-order valence-electron chi connectivity index (χ4n) is 2.78. The van der Waals surface area contributed by atoms with E-state index in [1.165, 1.54) is 35.2 Å². The van der Waals surface area contributed by atoms with Crippen LogP contribution in [0.1, 0.15) is 17.3 Å². The second-order valence-corrected chi connectivity index (χ2v) is 7.77. The van der Waals surface area contributed by atoms with Gasteiger partial charge < -0.3 is 9.64 Å². The third-order valence-corrected chi connectivity index (χ3v) is 5.36. The molecule has 5 nitrogen and oxygen atoms in total. The van der Waals surface area contributed by atoms with E-state index in [0.29, 0.717) is 23.6 Å². The summed E-state index contributed by atoms with van der Waals surface area (Å²) < 4.78 is 42.2. The van der Waals surface area contributed by atoms with Crippen molar-refractivity contribution in [1.82, 2.24) is 0 Å². The predicted octanol–water partition coefficient (Wildman–Crippen LogP) is 3.18. The smallest absolute Gasteiger partial charge is 0.258 e. The number of anilines is 1. The Kier molecular flexibility index (Phi) is 5.08. The lowest BCUT2D eigenvalue weighted by molar-refractivity contribution is 0.0983. The molecule has 0 aliphatic carbocycles. The number of nitrogens with zero attached hydrogens (tertiary/aromatic N) is 1. The van der Waals surface area contributed by atoms with Crippen molar-refractivity contribution in [2.45, 2.75) is 13.0 Å². The highest BCUT2D eigenvalue weighted by molar-refractivity contribution is 7.94. The van der Waals surface area contributed by atoms with Crippen LogP contribution in [-0.2, 0) is 9.84 Å². The Balaban J connectivity index is 1.95. The Morgan fingerprint density at radius 2 is 1.81 bits per heavy atom. The minimum absolute atomic E-state index is 0.201. The van der Waals surface area contributed by atoms with Crippen molar-refractivity contribution in [3.05, 3.63) is 71.4 Å². The summed E-state index contributed by atoms with van der Waals surface area (Å²) in [6.45, 7) is 2.38. The van der Waals surface area contributed by atoms with Crippen molar-refractivity contribution in [2.24, 2.45) is 0 Å². The molecule has 0 aromatic heterocycles. The van der Waals surface area contributed by atoms with Crippen molar-refractivity contribution in [3.63, 3.8) is 0 Å². The largest absolute Gasteiger partial charge is 0.494 e. The zero-order chi connectivity index (χ0) is 18.7. The molecule has 26 heavy (non-hydrogen) atoms. The topological polar surface area (TPSA) is 63.7 Å². The van der Waals surface area contributed by atoms with Gasteiger partial charge in [-0.2, -0.15) is 0 Å². The summed E-state index contributed by atoms with van der Waals surface area (Å²) in [7, 11) is -3.35. The quantitative estimate of drug-likeness (QED) is 0.805. The molecule has 0 unspecified atom stereocenters. The van der Waals surface area contributed by atoms with Gasteiger partial charge in [-0.05, 0) is 61.5 Å². The summed E-state index contributed by atoms with van der Waals surface area (Å²) in [6.07, 6.45) is 1.48. The van der Waals surface area contributed by atoms with Crippen LogP contribution < -0.4 is 9.64 Å². The van der Waals surface area contributed by atoms with Gasteiger partial charge >= 0.3 is 0 Å². The van der Waals surface area contributed by atoms with Crippen LogP contribution in [0.15, 0.2) is 60.0 Å². The Morgan fingerprint density at radius 1 is 1.15 bits per heavy atom. The monoisotopic (exact) mass is 375 g/mol. The van der Waals surface area contributed by atoms with E-state index in [0.717, 1.165) is 5.41 Å². The fraction of sp³-hybridized carbons (Fsp3) is 0.211. The molecule has 0 fully saturated rings. The molecule has 0 saturated heterocycles. The van der Waals surface area contributed by atoms with E-state index in [4.69, 9.17) is 4.74 Å². The number of carbonyl (C=O) groups excluding carboxylic acids is 1. The van der Waals surface area contributed by atoms with Crippen molar-refractivity contribution >= 4 is 21.4 Å². The summed E-state index contributed by atoms with van der Waals surface area (Å²) in [5.74, 6) is -0.364.